The topological polar surface area (TPSA) is 46.3 Å². The lowest BCUT2D eigenvalue weighted by atomic mass is 9.99. The van der Waals surface area contributed by atoms with Crippen LogP contribution in [0.3, 0.4) is 0 Å². The number of likely N-dealkylation sites (tertiary alicyclic amines) is 1. The number of amides is 1. The van der Waals surface area contributed by atoms with Crippen molar-refractivity contribution in [2.24, 2.45) is 17.6 Å². The Morgan fingerprint density at radius 2 is 2.20 bits per heavy atom. The van der Waals surface area contributed by atoms with Gasteiger partial charge in [0, 0.05) is 25.4 Å². The van der Waals surface area contributed by atoms with Gasteiger partial charge in [-0.2, -0.15) is 0 Å². The number of halogens is 2. The fourth-order valence-corrected chi connectivity index (χ4v) is 2.67. The molecule has 0 spiro atoms. The number of rotatable bonds is 1. The van der Waals surface area contributed by atoms with Gasteiger partial charge in [-0.25, -0.2) is 8.78 Å². The summed E-state index contributed by atoms with van der Waals surface area (Å²) in [4.78, 5) is 13.0. The van der Waals surface area contributed by atoms with Gasteiger partial charge in [0.15, 0.2) is 0 Å². The summed E-state index contributed by atoms with van der Waals surface area (Å²) < 4.78 is 26.7. The van der Waals surface area contributed by atoms with E-state index in [9.17, 15) is 13.6 Å². The van der Waals surface area contributed by atoms with Gasteiger partial charge in [0.1, 0.15) is 0 Å². The van der Waals surface area contributed by atoms with Gasteiger partial charge in [0.05, 0.1) is 6.04 Å². The first-order valence-electron chi connectivity index (χ1n) is 5.34. The second-order valence-electron chi connectivity index (χ2n) is 4.70. The summed E-state index contributed by atoms with van der Waals surface area (Å²) in [5.74, 6) is -3.46. The van der Waals surface area contributed by atoms with Crippen molar-refractivity contribution in [3.8, 4) is 0 Å². The maximum Gasteiger partial charge on any atom is 0.252 e. The van der Waals surface area contributed by atoms with E-state index in [2.05, 4.69) is 0 Å². The number of alkyl halides is 2. The van der Waals surface area contributed by atoms with Crippen molar-refractivity contribution < 1.29 is 13.6 Å². The maximum absolute atomic E-state index is 13.4. The first-order chi connectivity index (χ1) is 6.92. The number of fused-ring (bicyclic) bond motifs is 1. The van der Waals surface area contributed by atoms with E-state index in [0.717, 1.165) is 0 Å². The molecule has 1 amide bonds. The number of hydrogen-bond donors (Lipinski definition) is 1. The summed E-state index contributed by atoms with van der Waals surface area (Å²) in [6.45, 7) is 2.23. The lowest BCUT2D eigenvalue weighted by Crippen LogP contribution is -2.42. The fourth-order valence-electron chi connectivity index (χ4n) is 2.67. The summed E-state index contributed by atoms with van der Waals surface area (Å²) in [7, 11) is 0. The van der Waals surface area contributed by atoms with E-state index in [1.54, 1.807) is 6.92 Å². The van der Waals surface area contributed by atoms with Crippen LogP contribution in [0.25, 0.3) is 0 Å². The third-order valence-corrected chi connectivity index (χ3v) is 3.53. The minimum absolute atomic E-state index is 0.0253. The molecule has 0 radical (unpaired) electrons. The number of nitrogens with zero attached hydrogens (tertiary/aromatic N) is 1. The molecule has 0 unspecified atom stereocenters. The molecule has 3 atom stereocenters. The van der Waals surface area contributed by atoms with Crippen molar-refractivity contribution in [1.29, 1.82) is 0 Å². The largest absolute Gasteiger partial charge is 0.341 e. The van der Waals surface area contributed by atoms with Crippen molar-refractivity contribution >= 4 is 5.91 Å². The Bertz CT molecular complexity index is 281. The van der Waals surface area contributed by atoms with Crippen molar-refractivity contribution in [3.63, 3.8) is 0 Å². The molecule has 1 saturated carbocycles. The van der Waals surface area contributed by atoms with Gasteiger partial charge >= 0.3 is 0 Å². The maximum atomic E-state index is 13.4. The minimum Gasteiger partial charge on any atom is -0.341 e. The quantitative estimate of drug-likeness (QED) is 0.708. The first-order valence-corrected chi connectivity index (χ1v) is 5.34. The van der Waals surface area contributed by atoms with E-state index in [1.807, 2.05) is 0 Å². The normalized spacial score (nSPS) is 35.3. The lowest BCUT2D eigenvalue weighted by Gasteiger charge is -2.21. The lowest BCUT2D eigenvalue weighted by molar-refractivity contribution is -0.132. The molecule has 2 rings (SSSR count). The summed E-state index contributed by atoms with van der Waals surface area (Å²) in [5.41, 5.74) is 5.46. The Balaban J connectivity index is 2.05. The monoisotopic (exact) mass is 218 g/mol. The van der Waals surface area contributed by atoms with Crippen LogP contribution in [0.15, 0.2) is 0 Å². The molecule has 1 saturated heterocycles. The molecule has 2 N–H and O–H groups in total. The van der Waals surface area contributed by atoms with Gasteiger partial charge < -0.3 is 10.6 Å². The van der Waals surface area contributed by atoms with Gasteiger partial charge in [-0.1, -0.05) is 0 Å². The summed E-state index contributed by atoms with van der Waals surface area (Å²) in [5, 5.41) is 0. The van der Waals surface area contributed by atoms with E-state index in [4.69, 9.17) is 5.73 Å². The number of carbonyl (C=O) groups is 1. The molecule has 0 aromatic rings. The molecule has 2 aliphatic rings. The molecular formula is C10H16F2N2O. The SMILES string of the molecule is C[C@H](N)C(=O)N1C[C@@H]2CCC(F)(F)[C@@H]2C1. The zero-order valence-electron chi connectivity index (χ0n) is 8.75. The standard InChI is InChI=1S/C10H16F2N2O/c1-6(13)9(15)14-4-7-2-3-10(11,12)8(7)5-14/h6-8H,2-5,13H2,1H3/t6-,7-,8+/m0/s1. The zero-order chi connectivity index (χ0) is 11.2. The number of hydrogen-bond acceptors (Lipinski definition) is 2. The third-order valence-electron chi connectivity index (χ3n) is 3.53. The van der Waals surface area contributed by atoms with E-state index in [1.165, 1.54) is 4.90 Å². The van der Waals surface area contributed by atoms with Crippen molar-refractivity contribution in [1.82, 2.24) is 4.90 Å². The molecule has 1 heterocycles. The molecule has 5 heteroatoms. The molecule has 0 bridgehead atoms. The molecule has 15 heavy (non-hydrogen) atoms. The predicted molar refractivity (Wildman–Crippen MR) is 51.4 cm³/mol. The molecule has 86 valence electrons. The van der Waals surface area contributed by atoms with Crippen molar-refractivity contribution in [3.05, 3.63) is 0 Å². The molecule has 3 nitrogen and oxygen atoms in total. The van der Waals surface area contributed by atoms with Crippen LogP contribution in [0.1, 0.15) is 19.8 Å². The van der Waals surface area contributed by atoms with Gasteiger partial charge in [-0.05, 0) is 19.3 Å². The first kappa shape index (κ1) is 10.8. The molecule has 1 aliphatic heterocycles. The van der Waals surface area contributed by atoms with Crippen LogP contribution >= 0.6 is 0 Å². The highest BCUT2D eigenvalue weighted by molar-refractivity contribution is 5.81. The smallest absolute Gasteiger partial charge is 0.252 e. The van der Waals surface area contributed by atoms with Gasteiger partial charge in [0.2, 0.25) is 5.91 Å². The van der Waals surface area contributed by atoms with Crippen LogP contribution in [0.2, 0.25) is 0 Å². The summed E-state index contributed by atoms with van der Waals surface area (Å²) in [6, 6.07) is -0.586. The third kappa shape index (κ3) is 1.73. The predicted octanol–water partition coefficient (Wildman–Crippen LogP) is 0.837. The minimum atomic E-state index is -2.59. The molecular weight excluding hydrogens is 202 g/mol. The molecule has 0 aromatic carbocycles. The highest BCUT2D eigenvalue weighted by atomic mass is 19.3. The van der Waals surface area contributed by atoms with E-state index in [-0.39, 0.29) is 24.8 Å². The summed E-state index contributed by atoms with van der Waals surface area (Å²) in [6.07, 6.45) is 0.503. The Morgan fingerprint density at radius 1 is 1.53 bits per heavy atom. The number of carbonyl (C=O) groups excluding carboxylic acids is 1. The molecule has 1 aliphatic carbocycles. The fraction of sp³-hybridized carbons (Fsp3) is 0.900. The highest BCUT2D eigenvalue weighted by Gasteiger charge is 2.54. The van der Waals surface area contributed by atoms with Gasteiger partial charge in [-0.3, -0.25) is 4.79 Å². The van der Waals surface area contributed by atoms with Crippen LogP contribution in [0, 0.1) is 11.8 Å². The van der Waals surface area contributed by atoms with Crippen LogP contribution in [-0.4, -0.2) is 35.9 Å². The molecule has 0 aromatic heterocycles. The Morgan fingerprint density at radius 3 is 2.73 bits per heavy atom. The Labute approximate surface area is 87.6 Å². The number of nitrogens with two attached hydrogens (primary N) is 1. The Hall–Kier alpha value is -0.710. The van der Waals surface area contributed by atoms with E-state index >= 15 is 0 Å². The van der Waals surface area contributed by atoms with Crippen molar-refractivity contribution in [2.45, 2.75) is 31.7 Å². The summed E-state index contributed by atoms with van der Waals surface area (Å²) >= 11 is 0. The van der Waals surface area contributed by atoms with Crippen molar-refractivity contribution in [2.75, 3.05) is 13.1 Å². The van der Waals surface area contributed by atoms with Crippen LogP contribution < -0.4 is 5.73 Å². The van der Waals surface area contributed by atoms with Crippen LogP contribution in [0.5, 0.6) is 0 Å². The second kappa shape index (κ2) is 3.40. The zero-order valence-corrected chi connectivity index (χ0v) is 8.75. The van der Waals surface area contributed by atoms with Crippen LogP contribution in [-0.2, 0) is 4.79 Å². The van der Waals surface area contributed by atoms with E-state index < -0.39 is 17.9 Å². The van der Waals surface area contributed by atoms with Gasteiger partial charge in [-0.15, -0.1) is 0 Å². The van der Waals surface area contributed by atoms with Crippen LogP contribution in [0.4, 0.5) is 8.78 Å². The highest BCUT2D eigenvalue weighted by Crippen LogP contribution is 2.48. The molecule has 2 fully saturated rings. The second-order valence-corrected chi connectivity index (χ2v) is 4.70. The average molecular weight is 218 g/mol. The Kier molecular flexibility index (Phi) is 2.45. The van der Waals surface area contributed by atoms with E-state index in [0.29, 0.717) is 13.0 Å². The van der Waals surface area contributed by atoms with Gasteiger partial charge in [0.25, 0.3) is 5.92 Å². The average Bonchev–Trinajstić information content (AvgIpc) is 2.66.